The molecule has 1 aliphatic carbocycles. The Labute approximate surface area is 106 Å². The van der Waals surface area contributed by atoms with Gasteiger partial charge in [0.15, 0.2) is 11.5 Å². The molecule has 0 saturated heterocycles. The molecule has 0 unspecified atom stereocenters. The molecule has 0 N–H and O–H groups in total. The summed E-state index contributed by atoms with van der Waals surface area (Å²) in [6, 6.07) is 4.01. The Kier molecular flexibility index (Phi) is 2.60. The average molecular weight is 245 g/mol. The van der Waals surface area contributed by atoms with Crippen molar-refractivity contribution in [2.24, 2.45) is 4.99 Å². The number of aryl methyl sites for hydroxylation is 1. The molecule has 0 atom stereocenters. The summed E-state index contributed by atoms with van der Waals surface area (Å²) in [6.07, 6.45) is 5.65. The van der Waals surface area contributed by atoms with E-state index in [1.54, 1.807) is 6.08 Å². The molecule has 1 aromatic carbocycles. The van der Waals surface area contributed by atoms with Crippen LogP contribution >= 0.6 is 0 Å². The van der Waals surface area contributed by atoms with E-state index in [2.05, 4.69) is 11.1 Å². The SMILES string of the molecule is Cc1cc2c(c(C3(N=C=O)CCCC3)c1)OCO2. The molecule has 4 heteroatoms. The van der Waals surface area contributed by atoms with Gasteiger partial charge in [-0.1, -0.05) is 12.8 Å². The second kappa shape index (κ2) is 4.14. The molecule has 4 nitrogen and oxygen atoms in total. The van der Waals surface area contributed by atoms with Gasteiger partial charge >= 0.3 is 0 Å². The van der Waals surface area contributed by atoms with Crippen LogP contribution in [0.5, 0.6) is 11.5 Å². The first kappa shape index (κ1) is 11.3. The fourth-order valence-electron chi connectivity index (χ4n) is 2.98. The molecule has 1 aromatic rings. The van der Waals surface area contributed by atoms with Crippen LogP contribution in [0.1, 0.15) is 36.8 Å². The molecule has 0 amide bonds. The van der Waals surface area contributed by atoms with Crippen molar-refractivity contribution < 1.29 is 14.3 Å². The molecule has 0 aromatic heterocycles. The lowest BCUT2D eigenvalue weighted by atomic mass is 9.87. The van der Waals surface area contributed by atoms with E-state index < -0.39 is 5.54 Å². The van der Waals surface area contributed by atoms with Crippen molar-refractivity contribution in [3.05, 3.63) is 23.3 Å². The molecular formula is C14H15NO3. The number of aliphatic imine (C=N–C) groups is 1. The van der Waals surface area contributed by atoms with Crippen LogP contribution in [0.2, 0.25) is 0 Å². The Balaban J connectivity index is 2.18. The number of fused-ring (bicyclic) bond motifs is 1. The van der Waals surface area contributed by atoms with Crippen LogP contribution in [0, 0.1) is 6.92 Å². The lowest BCUT2D eigenvalue weighted by Gasteiger charge is -2.24. The van der Waals surface area contributed by atoms with Crippen molar-refractivity contribution in [3.63, 3.8) is 0 Å². The molecule has 3 rings (SSSR count). The van der Waals surface area contributed by atoms with E-state index >= 15 is 0 Å². The number of carbonyl (C=O) groups excluding carboxylic acids is 1. The van der Waals surface area contributed by atoms with Gasteiger partial charge in [0.2, 0.25) is 12.9 Å². The fraction of sp³-hybridized carbons (Fsp3) is 0.500. The second-order valence-electron chi connectivity index (χ2n) is 4.99. The van der Waals surface area contributed by atoms with Gasteiger partial charge in [0.25, 0.3) is 0 Å². The minimum Gasteiger partial charge on any atom is -0.454 e. The van der Waals surface area contributed by atoms with Gasteiger partial charge in [0, 0.05) is 5.56 Å². The smallest absolute Gasteiger partial charge is 0.235 e. The van der Waals surface area contributed by atoms with Crippen molar-refractivity contribution in [1.29, 1.82) is 0 Å². The molecule has 1 fully saturated rings. The van der Waals surface area contributed by atoms with E-state index in [1.165, 1.54) is 0 Å². The number of rotatable bonds is 2. The van der Waals surface area contributed by atoms with Crippen LogP contribution in [0.3, 0.4) is 0 Å². The first-order valence-corrected chi connectivity index (χ1v) is 6.25. The summed E-state index contributed by atoms with van der Waals surface area (Å²) in [7, 11) is 0. The van der Waals surface area contributed by atoms with Gasteiger partial charge < -0.3 is 9.47 Å². The summed E-state index contributed by atoms with van der Waals surface area (Å²) in [5.41, 5.74) is 1.63. The minimum atomic E-state index is -0.453. The Bertz CT molecular complexity index is 526. The van der Waals surface area contributed by atoms with E-state index in [0.29, 0.717) is 0 Å². The first-order valence-electron chi connectivity index (χ1n) is 6.25. The van der Waals surface area contributed by atoms with E-state index in [0.717, 1.165) is 48.3 Å². The van der Waals surface area contributed by atoms with Crippen molar-refractivity contribution in [3.8, 4) is 11.5 Å². The Hall–Kier alpha value is -1.80. The van der Waals surface area contributed by atoms with Crippen LogP contribution in [0.15, 0.2) is 17.1 Å². The normalized spacial score (nSPS) is 19.6. The van der Waals surface area contributed by atoms with Gasteiger partial charge in [-0.15, -0.1) is 0 Å². The van der Waals surface area contributed by atoms with Crippen LogP contribution in [0.4, 0.5) is 0 Å². The highest BCUT2D eigenvalue weighted by Gasteiger charge is 2.40. The second-order valence-corrected chi connectivity index (χ2v) is 4.99. The lowest BCUT2D eigenvalue weighted by molar-refractivity contribution is 0.172. The number of nitrogens with zero attached hydrogens (tertiary/aromatic N) is 1. The number of hydrogen-bond donors (Lipinski definition) is 0. The average Bonchev–Trinajstić information content (AvgIpc) is 2.97. The molecule has 2 aliphatic rings. The van der Waals surface area contributed by atoms with Gasteiger partial charge in [0.1, 0.15) is 5.54 Å². The van der Waals surface area contributed by atoms with E-state index in [9.17, 15) is 4.79 Å². The highest BCUT2D eigenvalue weighted by Crippen LogP contribution is 2.50. The summed E-state index contributed by atoms with van der Waals surface area (Å²) in [5.74, 6) is 1.51. The number of isocyanates is 1. The number of hydrogen-bond acceptors (Lipinski definition) is 4. The summed E-state index contributed by atoms with van der Waals surface area (Å²) in [6.45, 7) is 2.26. The zero-order valence-electron chi connectivity index (χ0n) is 10.4. The van der Waals surface area contributed by atoms with Gasteiger partial charge in [-0.05, 0) is 37.5 Å². The van der Waals surface area contributed by atoms with Crippen molar-refractivity contribution >= 4 is 6.08 Å². The van der Waals surface area contributed by atoms with Crippen LogP contribution < -0.4 is 9.47 Å². The predicted octanol–water partition coefficient (Wildman–Crippen LogP) is 2.83. The minimum absolute atomic E-state index is 0.243. The zero-order chi connectivity index (χ0) is 12.6. The van der Waals surface area contributed by atoms with Crippen molar-refractivity contribution in [2.75, 3.05) is 6.79 Å². The number of benzene rings is 1. The van der Waals surface area contributed by atoms with Crippen LogP contribution in [-0.4, -0.2) is 12.9 Å². The topological polar surface area (TPSA) is 47.9 Å². The van der Waals surface area contributed by atoms with Crippen molar-refractivity contribution in [1.82, 2.24) is 0 Å². The maximum absolute atomic E-state index is 10.8. The van der Waals surface area contributed by atoms with Crippen LogP contribution in [-0.2, 0) is 10.3 Å². The monoisotopic (exact) mass is 245 g/mol. The number of ether oxygens (including phenoxy) is 2. The molecule has 1 aliphatic heterocycles. The van der Waals surface area contributed by atoms with E-state index in [4.69, 9.17) is 9.47 Å². The summed E-state index contributed by atoms with van der Waals surface area (Å²) < 4.78 is 11.0. The predicted molar refractivity (Wildman–Crippen MR) is 65.6 cm³/mol. The third kappa shape index (κ3) is 1.61. The highest BCUT2D eigenvalue weighted by molar-refractivity contribution is 5.55. The summed E-state index contributed by atoms with van der Waals surface area (Å²) in [4.78, 5) is 14.9. The molecule has 0 spiro atoms. The van der Waals surface area contributed by atoms with Gasteiger partial charge in [0.05, 0.1) is 0 Å². The summed E-state index contributed by atoms with van der Waals surface area (Å²) in [5, 5.41) is 0. The summed E-state index contributed by atoms with van der Waals surface area (Å²) >= 11 is 0. The zero-order valence-corrected chi connectivity index (χ0v) is 10.4. The largest absolute Gasteiger partial charge is 0.454 e. The Morgan fingerprint density at radius 3 is 2.78 bits per heavy atom. The molecule has 18 heavy (non-hydrogen) atoms. The van der Waals surface area contributed by atoms with Gasteiger partial charge in [-0.3, -0.25) is 0 Å². The van der Waals surface area contributed by atoms with E-state index in [-0.39, 0.29) is 6.79 Å². The third-order valence-corrected chi connectivity index (χ3v) is 3.81. The molecular weight excluding hydrogens is 230 g/mol. The molecule has 1 heterocycles. The van der Waals surface area contributed by atoms with Crippen molar-refractivity contribution in [2.45, 2.75) is 38.1 Å². The van der Waals surface area contributed by atoms with Gasteiger partial charge in [-0.25, -0.2) is 4.79 Å². The van der Waals surface area contributed by atoms with Crippen LogP contribution in [0.25, 0.3) is 0 Å². The highest BCUT2D eigenvalue weighted by atomic mass is 16.7. The third-order valence-electron chi connectivity index (χ3n) is 3.81. The van der Waals surface area contributed by atoms with E-state index in [1.807, 2.05) is 13.0 Å². The maximum Gasteiger partial charge on any atom is 0.235 e. The lowest BCUT2D eigenvalue weighted by Crippen LogP contribution is -2.19. The Morgan fingerprint density at radius 2 is 2.06 bits per heavy atom. The molecule has 94 valence electrons. The Morgan fingerprint density at radius 1 is 1.28 bits per heavy atom. The maximum atomic E-state index is 10.8. The standard InChI is InChI=1S/C14H15NO3/c1-10-6-11(13-12(7-10)17-9-18-13)14(15-8-16)4-2-3-5-14/h6-7H,2-5,9H2,1H3. The first-order chi connectivity index (χ1) is 8.75. The molecule has 0 bridgehead atoms. The molecule has 0 radical (unpaired) electrons. The molecule has 1 saturated carbocycles. The fourth-order valence-corrected chi connectivity index (χ4v) is 2.98. The quantitative estimate of drug-likeness (QED) is 0.594. The van der Waals surface area contributed by atoms with Gasteiger partial charge in [-0.2, -0.15) is 4.99 Å².